The average Bonchev–Trinajstić information content (AvgIpc) is 3.48. The summed E-state index contributed by atoms with van der Waals surface area (Å²) < 4.78 is 6.48. The van der Waals surface area contributed by atoms with E-state index in [4.69, 9.17) is 31.7 Å². The molecule has 0 bridgehead atoms. The number of carboxylic acids is 2. The number of phenolic OH excluding ortho intramolecular Hbond substituents is 3. The van der Waals surface area contributed by atoms with E-state index >= 15 is 0 Å². The molecule has 0 saturated carbocycles. The fourth-order valence-electron chi connectivity index (χ4n) is 5.24. The van der Waals surface area contributed by atoms with Crippen LogP contribution in [-0.2, 0) is 19.9 Å². The molecule has 1 heterocycles. The molecule has 2 unspecified atom stereocenters. The molecule has 1 fully saturated rings. The van der Waals surface area contributed by atoms with E-state index in [1.165, 1.54) is 31.0 Å². The van der Waals surface area contributed by atoms with Crippen LogP contribution >= 0.6 is 11.6 Å². The van der Waals surface area contributed by atoms with Gasteiger partial charge in [-0.25, -0.2) is 9.59 Å². The van der Waals surface area contributed by atoms with Gasteiger partial charge in [-0.2, -0.15) is 0 Å². The van der Waals surface area contributed by atoms with Gasteiger partial charge in [0.2, 0.25) is 0 Å². The summed E-state index contributed by atoms with van der Waals surface area (Å²) in [5.41, 5.74) is 3.48. The Kier molecular flexibility index (Phi) is 14.9. The van der Waals surface area contributed by atoms with Crippen LogP contribution in [0.5, 0.6) is 17.2 Å². The molecular formula is C39H42ClNO8. The van der Waals surface area contributed by atoms with Crippen LogP contribution in [0.15, 0.2) is 109 Å². The predicted molar refractivity (Wildman–Crippen MR) is 192 cm³/mol. The molecule has 49 heavy (non-hydrogen) atoms. The molecule has 0 spiro atoms. The summed E-state index contributed by atoms with van der Waals surface area (Å²) in [4.78, 5) is 21.6. The van der Waals surface area contributed by atoms with Crippen molar-refractivity contribution in [1.82, 2.24) is 4.90 Å². The second kappa shape index (κ2) is 19.0. The van der Waals surface area contributed by atoms with Gasteiger partial charge in [-0.1, -0.05) is 78.4 Å². The number of rotatable bonds is 10. The van der Waals surface area contributed by atoms with Crippen molar-refractivity contribution in [2.75, 3.05) is 20.2 Å². The highest BCUT2D eigenvalue weighted by Gasteiger charge is 2.30. The standard InChI is InChI=1S/C21H26ClNO.C14H12O3.C4H4O4/c1-21(17-7-4-3-5-8-17,18-10-12-19(22)13-11-18)24-16-14-20-9-6-15-23(20)2;15-12-5-3-10(4-6-12)1-2-11-7-13(16)9-14(17)8-11;5-3(6)1-2-4(7)8/h3-5,7-8,10-13,20H,6,9,14-16H2,1-2H3;1-9,15-17H;1-2H,(H,5,6)(H,7,8). The number of hydrogen-bond acceptors (Lipinski definition) is 7. The largest absolute Gasteiger partial charge is 0.508 e. The SMILES string of the molecule is CN1CCCC1CCOC(C)(c1ccccc1)c1ccc(Cl)cc1.O=C(O)C=CC(=O)O.Oc1ccc(C=Cc2cc(O)cc(O)c2)cc1. The van der Waals surface area contributed by atoms with Crippen LogP contribution in [0.3, 0.4) is 0 Å². The van der Waals surface area contributed by atoms with Crippen LogP contribution in [0.4, 0.5) is 0 Å². The van der Waals surface area contributed by atoms with Crippen LogP contribution in [-0.4, -0.2) is 68.6 Å². The zero-order valence-corrected chi connectivity index (χ0v) is 28.2. The monoisotopic (exact) mass is 687 g/mol. The third kappa shape index (κ3) is 13.1. The van der Waals surface area contributed by atoms with E-state index in [9.17, 15) is 19.8 Å². The number of benzene rings is 4. The molecule has 258 valence electrons. The molecule has 0 aromatic heterocycles. The average molecular weight is 688 g/mol. The lowest BCUT2D eigenvalue weighted by molar-refractivity contribution is -0.134. The number of hydrogen-bond donors (Lipinski definition) is 5. The van der Waals surface area contributed by atoms with Gasteiger partial charge in [0.15, 0.2) is 0 Å². The first-order valence-electron chi connectivity index (χ1n) is 15.7. The summed E-state index contributed by atoms with van der Waals surface area (Å²) in [6, 6.07) is 30.2. The van der Waals surface area contributed by atoms with Gasteiger partial charge in [0, 0.05) is 35.9 Å². The van der Waals surface area contributed by atoms with Crippen molar-refractivity contribution in [2.24, 2.45) is 0 Å². The second-order valence-electron chi connectivity index (χ2n) is 11.5. The second-order valence-corrected chi connectivity index (χ2v) is 12.0. The zero-order chi connectivity index (χ0) is 35.8. The molecule has 4 aromatic rings. The van der Waals surface area contributed by atoms with Crippen LogP contribution < -0.4 is 0 Å². The van der Waals surface area contributed by atoms with Crippen LogP contribution in [0, 0.1) is 0 Å². The van der Waals surface area contributed by atoms with E-state index < -0.39 is 17.5 Å². The number of aliphatic carboxylic acids is 2. The Morgan fingerprint density at radius 1 is 0.796 bits per heavy atom. The molecule has 10 heteroatoms. The normalized spacial score (nSPS) is 15.5. The van der Waals surface area contributed by atoms with Crippen LogP contribution in [0.1, 0.15) is 48.4 Å². The van der Waals surface area contributed by atoms with Gasteiger partial charge in [-0.05, 0) is 98.4 Å². The van der Waals surface area contributed by atoms with Crippen molar-refractivity contribution in [3.8, 4) is 17.2 Å². The fraction of sp³-hybridized carbons (Fsp3) is 0.231. The molecule has 1 saturated heterocycles. The summed E-state index contributed by atoms with van der Waals surface area (Å²) in [6.45, 7) is 4.12. The third-order valence-electron chi connectivity index (χ3n) is 7.89. The topological polar surface area (TPSA) is 148 Å². The van der Waals surface area contributed by atoms with Gasteiger partial charge < -0.3 is 35.2 Å². The van der Waals surface area contributed by atoms with Gasteiger partial charge in [-0.15, -0.1) is 0 Å². The zero-order valence-electron chi connectivity index (χ0n) is 27.4. The Hall–Kier alpha value is -5.09. The minimum atomic E-state index is -1.26. The summed E-state index contributed by atoms with van der Waals surface area (Å²) in [7, 11) is 2.22. The van der Waals surface area contributed by atoms with Crippen LogP contribution in [0.25, 0.3) is 12.2 Å². The quantitative estimate of drug-likeness (QED) is 0.0832. The highest BCUT2D eigenvalue weighted by Crippen LogP contribution is 2.34. The van der Waals surface area contributed by atoms with Gasteiger partial charge in [0.25, 0.3) is 0 Å². The van der Waals surface area contributed by atoms with E-state index in [0.717, 1.165) is 29.2 Å². The van der Waals surface area contributed by atoms with Crippen molar-refractivity contribution < 1.29 is 39.9 Å². The molecule has 9 nitrogen and oxygen atoms in total. The smallest absolute Gasteiger partial charge is 0.328 e. The first kappa shape index (κ1) is 38.4. The minimum absolute atomic E-state index is 0.0235. The Morgan fingerprint density at radius 3 is 1.88 bits per heavy atom. The Balaban J connectivity index is 0.000000226. The van der Waals surface area contributed by atoms with E-state index in [1.807, 2.05) is 24.3 Å². The summed E-state index contributed by atoms with van der Waals surface area (Å²) in [5.74, 6) is -2.25. The highest BCUT2D eigenvalue weighted by atomic mass is 35.5. The van der Waals surface area contributed by atoms with Crippen LogP contribution in [0.2, 0.25) is 5.02 Å². The summed E-state index contributed by atoms with van der Waals surface area (Å²) in [5, 5.41) is 44.1. The molecular weight excluding hydrogens is 646 g/mol. The number of phenols is 3. The van der Waals surface area contributed by atoms with Crippen molar-refractivity contribution in [1.29, 1.82) is 0 Å². The molecule has 5 rings (SSSR count). The highest BCUT2D eigenvalue weighted by molar-refractivity contribution is 6.30. The lowest BCUT2D eigenvalue weighted by atomic mass is 9.88. The maximum Gasteiger partial charge on any atom is 0.328 e. The molecule has 1 aliphatic heterocycles. The predicted octanol–water partition coefficient (Wildman–Crippen LogP) is 7.79. The third-order valence-corrected chi connectivity index (χ3v) is 8.14. The molecule has 5 N–H and O–H groups in total. The van der Waals surface area contributed by atoms with Gasteiger partial charge in [-0.3, -0.25) is 0 Å². The van der Waals surface area contributed by atoms with Crippen molar-refractivity contribution >= 4 is 35.7 Å². The molecule has 0 amide bonds. The molecule has 1 aliphatic rings. The molecule has 0 aliphatic carbocycles. The van der Waals surface area contributed by atoms with E-state index in [0.29, 0.717) is 23.8 Å². The minimum Gasteiger partial charge on any atom is -0.508 e. The summed E-state index contributed by atoms with van der Waals surface area (Å²) >= 11 is 6.07. The number of aromatic hydroxyl groups is 3. The molecule has 0 radical (unpaired) electrons. The first-order valence-corrected chi connectivity index (χ1v) is 16.0. The maximum atomic E-state index is 9.55. The van der Waals surface area contributed by atoms with Gasteiger partial charge in [0.1, 0.15) is 22.8 Å². The summed E-state index contributed by atoms with van der Waals surface area (Å²) in [6.07, 6.45) is 8.37. The van der Waals surface area contributed by atoms with Gasteiger partial charge >= 0.3 is 11.9 Å². The Bertz CT molecular complexity index is 1650. The van der Waals surface area contributed by atoms with Crippen molar-refractivity contribution in [3.63, 3.8) is 0 Å². The lowest BCUT2D eigenvalue weighted by Gasteiger charge is -2.32. The Labute approximate surface area is 291 Å². The Morgan fingerprint density at radius 2 is 1.35 bits per heavy atom. The lowest BCUT2D eigenvalue weighted by Crippen LogP contribution is -2.31. The first-order chi connectivity index (χ1) is 23.4. The maximum absolute atomic E-state index is 9.55. The number of ether oxygens (including phenoxy) is 1. The van der Waals surface area contributed by atoms with E-state index in [2.05, 4.69) is 55.3 Å². The van der Waals surface area contributed by atoms with Crippen molar-refractivity contribution in [3.05, 3.63) is 136 Å². The number of carbonyl (C=O) groups is 2. The van der Waals surface area contributed by atoms with Crippen molar-refractivity contribution in [2.45, 2.75) is 37.8 Å². The van der Waals surface area contributed by atoms with E-state index in [-0.39, 0.29) is 17.2 Å². The number of nitrogens with zero attached hydrogens (tertiary/aromatic N) is 1. The number of halogens is 1. The molecule has 2 atom stereocenters. The molecule has 4 aromatic carbocycles. The number of carboxylic acid groups (broad SMARTS) is 2. The van der Waals surface area contributed by atoms with Gasteiger partial charge in [0.05, 0.1) is 0 Å². The van der Waals surface area contributed by atoms with E-state index in [1.54, 1.807) is 42.5 Å². The number of likely N-dealkylation sites (tertiary alicyclic amines) is 1. The fourth-order valence-corrected chi connectivity index (χ4v) is 5.36.